The summed E-state index contributed by atoms with van der Waals surface area (Å²) in [5, 5.41) is 5.51. The molecule has 2 heterocycles. The molecule has 126 valence electrons. The summed E-state index contributed by atoms with van der Waals surface area (Å²) in [6.07, 6.45) is 0.715. The summed E-state index contributed by atoms with van der Waals surface area (Å²) in [6, 6.07) is 8.90. The van der Waals surface area contributed by atoms with Gasteiger partial charge in [0, 0.05) is 29.7 Å². The normalized spacial score (nSPS) is 16.9. The van der Waals surface area contributed by atoms with Gasteiger partial charge in [-0.15, -0.1) is 11.3 Å². The molecule has 0 spiro atoms. The summed E-state index contributed by atoms with van der Waals surface area (Å²) in [5.41, 5.74) is 0.522. The van der Waals surface area contributed by atoms with Gasteiger partial charge in [-0.05, 0) is 49.7 Å². The fraction of sp³-hybridized carbons (Fsp3) is 0.294. The molecule has 0 aliphatic carbocycles. The molecule has 0 radical (unpaired) electrons. The number of anilines is 1. The third kappa shape index (κ3) is 3.91. The third-order valence-electron chi connectivity index (χ3n) is 3.86. The van der Waals surface area contributed by atoms with Crippen LogP contribution in [0.2, 0.25) is 0 Å². The van der Waals surface area contributed by atoms with E-state index in [4.69, 9.17) is 0 Å². The molecule has 7 heteroatoms. The first-order chi connectivity index (χ1) is 11.5. The lowest BCUT2D eigenvalue weighted by Crippen LogP contribution is -2.40. The van der Waals surface area contributed by atoms with E-state index < -0.39 is 0 Å². The second-order valence-electron chi connectivity index (χ2n) is 5.75. The Kier molecular flexibility index (Phi) is 4.80. The summed E-state index contributed by atoms with van der Waals surface area (Å²) in [5.74, 6) is -0.342. The Morgan fingerprint density at radius 3 is 2.62 bits per heavy atom. The second kappa shape index (κ2) is 7.00. The van der Waals surface area contributed by atoms with Crippen LogP contribution >= 0.6 is 11.3 Å². The SMILES string of the molecule is Cc1ccc(C(=O)N2CCC(NC(=O)Nc3ccc(F)cc3)C2)s1. The Hall–Kier alpha value is -2.41. The molecule has 5 nitrogen and oxygen atoms in total. The lowest BCUT2D eigenvalue weighted by Gasteiger charge is -2.16. The number of aryl methyl sites for hydroxylation is 1. The standard InChI is InChI=1S/C17H18FN3O2S/c1-11-2-7-15(24-11)16(22)21-9-8-14(10-21)20-17(23)19-13-5-3-12(18)4-6-13/h2-7,14H,8-10H2,1H3,(H2,19,20,23). The average Bonchev–Trinajstić information content (AvgIpc) is 3.18. The van der Waals surface area contributed by atoms with Crippen LogP contribution in [0.1, 0.15) is 21.0 Å². The number of nitrogens with zero attached hydrogens (tertiary/aromatic N) is 1. The lowest BCUT2D eigenvalue weighted by molar-refractivity contribution is 0.0794. The minimum absolute atomic E-state index is 0.0105. The quantitative estimate of drug-likeness (QED) is 0.895. The summed E-state index contributed by atoms with van der Waals surface area (Å²) in [4.78, 5) is 28.0. The molecule has 1 aliphatic rings. The highest BCUT2D eigenvalue weighted by Gasteiger charge is 2.28. The van der Waals surface area contributed by atoms with Crippen molar-refractivity contribution >= 4 is 29.0 Å². The third-order valence-corrected chi connectivity index (χ3v) is 4.85. The van der Waals surface area contributed by atoms with E-state index in [0.29, 0.717) is 25.2 Å². The first-order valence-electron chi connectivity index (χ1n) is 7.70. The predicted octanol–water partition coefficient (Wildman–Crippen LogP) is 3.23. The number of rotatable bonds is 3. The Morgan fingerprint density at radius 1 is 1.21 bits per heavy atom. The van der Waals surface area contributed by atoms with E-state index >= 15 is 0 Å². The molecule has 2 aromatic rings. The Labute approximate surface area is 143 Å². The highest BCUT2D eigenvalue weighted by Crippen LogP contribution is 2.20. The highest BCUT2D eigenvalue weighted by molar-refractivity contribution is 7.13. The van der Waals surface area contributed by atoms with Crippen LogP contribution in [-0.4, -0.2) is 36.0 Å². The first kappa shape index (κ1) is 16.4. The monoisotopic (exact) mass is 347 g/mol. The molecule has 1 aromatic heterocycles. The van der Waals surface area contributed by atoms with Crippen molar-refractivity contribution in [3.8, 4) is 0 Å². The fourth-order valence-corrected chi connectivity index (χ4v) is 3.49. The number of benzene rings is 1. The van der Waals surface area contributed by atoms with Crippen molar-refractivity contribution in [2.45, 2.75) is 19.4 Å². The number of amides is 3. The molecule has 2 N–H and O–H groups in total. The molecule has 0 saturated carbocycles. The Morgan fingerprint density at radius 2 is 1.96 bits per heavy atom. The minimum Gasteiger partial charge on any atom is -0.336 e. The number of urea groups is 1. The smallest absolute Gasteiger partial charge is 0.319 e. The summed E-state index contributed by atoms with van der Waals surface area (Å²) < 4.78 is 12.8. The van der Waals surface area contributed by atoms with E-state index in [0.717, 1.165) is 9.75 Å². The predicted molar refractivity (Wildman–Crippen MR) is 91.9 cm³/mol. The average molecular weight is 347 g/mol. The molecule has 1 aromatic carbocycles. The van der Waals surface area contributed by atoms with Crippen LogP contribution in [-0.2, 0) is 0 Å². The van der Waals surface area contributed by atoms with Crippen LogP contribution in [0.5, 0.6) is 0 Å². The number of halogens is 1. The van der Waals surface area contributed by atoms with Crippen LogP contribution in [0.15, 0.2) is 36.4 Å². The zero-order chi connectivity index (χ0) is 17.1. The number of carbonyl (C=O) groups is 2. The van der Waals surface area contributed by atoms with Gasteiger partial charge in [0.05, 0.1) is 4.88 Å². The molecule has 3 amide bonds. The van der Waals surface area contributed by atoms with Crippen molar-refractivity contribution in [1.29, 1.82) is 0 Å². The summed E-state index contributed by atoms with van der Waals surface area (Å²) in [6.45, 7) is 3.08. The minimum atomic E-state index is -0.354. The molecule has 1 atom stereocenters. The van der Waals surface area contributed by atoms with Gasteiger partial charge in [0.25, 0.3) is 5.91 Å². The van der Waals surface area contributed by atoms with Gasteiger partial charge in [-0.1, -0.05) is 0 Å². The van der Waals surface area contributed by atoms with Gasteiger partial charge in [-0.25, -0.2) is 9.18 Å². The van der Waals surface area contributed by atoms with Gasteiger partial charge >= 0.3 is 6.03 Å². The first-order valence-corrected chi connectivity index (χ1v) is 8.52. The maximum absolute atomic E-state index is 12.8. The molecule has 1 saturated heterocycles. The van der Waals surface area contributed by atoms with Gasteiger partial charge in [-0.2, -0.15) is 0 Å². The molecule has 1 unspecified atom stereocenters. The number of thiophene rings is 1. The molecule has 3 rings (SSSR count). The van der Waals surface area contributed by atoms with Crippen LogP contribution < -0.4 is 10.6 Å². The molecule has 0 bridgehead atoms. The molecular formula is C17H18FN3O2S. The lowest BCUT2D eigenvalue weighted by atomic mass is 10.3. The van der Waals surface area contributed by atoms with Crippen molar-refractivity contribution in [3.63, 3.8) is 0 Å². The fourth-order valence-electron chi connectivity index (χ4n) is 2.65. The van der Waals surface area contributed by atoms with Crippen molar-refractivity contribution in [2.75, 3.05) is 18.4 Å². The zero-order valence-electron chi connectivity index (χ0n) is 13.2. The maximum atomic E-state index is 12.8. The number of hydrogen-bond acceptors (Lipinski definition) is 3. The number of nitrogens with one attached hydrogen (secondary N) is 2. The molecular weight excluding hydrogens is 329 g/mol. The van der Waals surface area contributed by atoms with Crippen molar-refractivity contribution in [3.05, 3.63) is 52.0 Å². The Balaban J connectivity index is 1.51. The highest BCUT2D eigenvalue weighted by atomic mass is 32.1. The summed E-state index contributed by atoms with van der Waals surface area (Å²) >= 11 is 1.48. The van der Waals surface area contributed by atoms with Crippen molar-refractivity contribution in [1.82, 2.24) is 10.2 Å². The van der Waals surface area contributed by atoms with E-state index in [1.807, 2.05) is 19.1 Å². The molecule has 1 fully saturated rings. The molecule has 24 heavy (non-hydrogen) atoms. The number of hydrogen-bond donors (Lipinski definition) is 2. The second-order valence-corrected chi connectivity index (χ2v) is 7.04. The number of carbonyl (C=O) groups excluding carboxylic acids is 2. The number of likely N-dealkylation sites (tertiary alicyclic amines) is 1. The van der Waals surface area contributed by atoms with Gasteiger partial charge < -0.3 is 15.5 Å². The van der Waals surface area contributed by atoms with Crippen LogP contribution in [0.4, 0.5) is 14.9 Å². The van der Waals surface area contributed by atoms with E-state index in [1.165, 1.54) is 35.6 Å². The zero-order valence-corrected chi connectivity index (χ0v) is 14.0. The van der Waals surface area contributed by atoms with Crippen molar-refractivity contribution in [2.24, 2.45) is 0 Å². The van der Waals surface area contributed by atoms with Crippen LogP contribution in [0.3, 0.4) is 0 Å². The van der Waals surface area contributed by atoms with Crippen LogP contribution in [0, 0.1) is 12.7 Å². The molecule has 1 aliphatic heterocycles. The van der Waals surface area contributed by atoms with Gasteiger partial charge in [-0.3, -0.25) is 4.79 Å². The van der Waals surface area contributed by atoms with Gasteiger partial charge in [0.2, 0.25) is 0 Å². The largest absolute Gasteiger partial charge is 0.336 e. The van der Waals surface area contributed by atoms with Crippen LogP contribution in [0.25, 0.3) is 0 Å². The Bertz CT molecular complexity index is 745. The van der Waals surface area contributed by atoms with Crippen molar-refractivity contribution < 1.29 is 14.0 Å². The van der Waals surface area contributed by atoms with E-state index in [-0.39, 0.29) is 23.8 Å². The van der Waals surface area contributed by atoms with Gasteiger partial charge in [0.1, 0.15) is 5.82 Å². The van der Waals surface area contributed by atoms with E-state index in [1.54, 1.807) is 4.90 Å². The topological polar surface area (TPSA) is 61.4 Å². The van der Waals surface area contributed by atoms with E-state index in [2.05, 4.69) is 10.6 Å². The van der Waals surface area contributed by atoms with Gasteiger partial charge in [0.15, 0.2) is 0 Å². The van der Waals surface area contributed by atoms with E-state index in [9.17, 15) is 14.0 Å². The summed E-state index contributed by atoms with van der Waals surface area (Å²) in [7, 11) is 0. The maximum Gasteiger partial charge on any atom is 0.319 e.